The summed E-state index contributed by atoms with van der Waals surface area (Å²) >= 11 is 6.16. The van der Waals surface area contributed by atoms with Crippen molar-refractivity contribution in [1.82, 2.24) is 10.6 Å². The summed E-state index contributed by atoms with van der Waals surface area (Å²) in [6.07, 6.45) is -6.01. The van der Waals surface area contributed by atoms with E-state index in [0.29, 0.717) is 28.8 Å². The maximum absolute atomic E-state index is 11.9. The number of hydrogen-bond acceptors (Lipinski definition) is 6. The third-order valence-corrected chi connectivity index (χ3v) is 4.36. The van der Waals surface area contributed by atoms with Crippen LogP contribution in [0.15, 0.2) is 42.5 Å². The van der Waals surface area contributed by atoms with Crippen molar-refractivity contribution in [3.63, 3.8) is 0 Å². The van der Waals surface area contributed by atoms with Crippen LogP contribution in [0.5, 0.6) is 17.2 Å². The summed E-state index contributed by atoms with van der Waals surface area (Å²) in [4.78, 5) is 31.2. The van der Waals surface area contributed by atoms with Crippen LogP contribution in [0.4, 0.5) is 18.0 Å². The minimum atomic E-state index is -5.08. The maximum Gasteiger partial charge on any atom is 0.490 e. The van der Waals surface area contributed by atoms with Crippen molar-refractivity contribution in [2.45, 2.75) is 25.2 Å². The highest BCUT2D eigenvalue weighted by molar-refractivity contribution is 6.32. The lowest BCUT2D eigenvalue weighted by Crippen LogP contribution is -2.42. The average molecular weight is 522 g/mol. The molecule has 0 saturated heterocycles. The maximum atomic E-state index is 11.9. The zero-order chi connectivity index (χ0) is 26.6. The molecule has 0 saturated carbocycles. The molecular formula is C21H23ClF3N3O7. The topological polar surface area (TPSA) is 160 Å². The van der Waals surface area contributed by atoms with Crippen LogP contribution in [-0.2, 0) is 16.1 Å². The lowest BCUT2D eigenvalue weighted by molar-refractivity contribution is -0.192. The molecule has 2 aromatic rings. The zero-order valence-electron chi connectivity index (χ0n) is 18.3. The fourth-order valence-electron chi connectivity index (χ4n) is 2.28. The predicted octanol–water partition coefficient (Wildman–Crippen LogP) is 3.38. The Hall–Kier alpha value is -3.71. The minimum absolute atomic E-state index is 0.115. The number of carboxylic acids is 1. The Bertz CT molecular complexity index is 1000. The van der Waals surface area contributed by atoms with Gasteiger partial charge in [-0.05, 0) is 36.2 Å². The highest BCUT2D eigenvalue weighted by Gasteiger charge is 2.38. The van der Waals surface area contributed by atoms with Gasteiger partial charge in [0.1, 0.15) is 17.2 Å². The van der Waals surface area contributed by atoms with E-state index in [4.69, 9.17) is 41.8 Å². The molecule has 0 aliphatic carbocycles. The summed E-state index contributed by atoms with van der Waals surface area (Å²) in [7, 11) is 1.56. The largest absolute Gasteiger partial charge is 0.497 e. The minimum Gasteiger partial charge on any atom is -0.497 e. The molecule has 0 bridgehead atoms. The van der Waals surface area contributed by atoms with Crippen LogP contribution in [0.3, 0.4) is 0 Å². The van der Waals surface area contributed by atoms with Gasteiger partial charge in [-0.2, -0.15) is 13.2 Å². The molecule has 10 nitrogen and oxygen atoms in total. The van der Waals surface area contributed by atoms with Gasteiger partial charge >= 0.3 is 18.2 Å². The van der Waals surface area contributed by atoms with Crippen molar-refractivity contribution in [1.29, 1.82) is 0 Å². The number of carboxylic acid groups (broad SMARTS) is 2. The van der Waals surface area contributed by atoms with Crippen LogP contribution in [0.2, 0.25) is 5.02 Å². The summed E-state index contributed by atoms with van der Waals surface area (Å²) in [6.45, 7) is 0.409. The lowest BCUT2D eigenvalue weighted by Gasteiger charge is -2.13. The van der Waals surface area contributed by atoms with Crippen LogP contribution in [0.1, 0.15) is 12.0 Å². The van der Waals surface area contributed by atoms with Gasteiger partial charge in [-0.25, -0.2) is 9.59 Å². The zero-order valence-corrected chi connectivity index (χ0v) is 19.0. The monoisotopic (exact) mass is 521 g/mol. The number of methoxy groups -OCH3 is 1. The smallest absolute Gasteiger partial charge is 0.490 e. The van der Waals surface area contributed by atoms with Gasteiger partial charge in [0.15, 0.2) is 0 Å². The number of benzene rings is 2. The van der Waals surface area contributed by atoms with E-state index in [1.54, 1.807) is 37.4 Å². The summed E-state index contributed by atoms with van der Waals surface area (Å²) in [5.74, 6) is -1.37. The number of hydrogen-bond donors (Lipinski definition) is 5. The van der Waals surface area contributed by atoms with E-state index in [2.05, 4.69) is 10.6 Å². The van der Waals surface area contributed by atoms with Crippen molar-refractivity contribution >= 4 is 29.6 Å². The molecule has 0 aliphatic rings. The summed E-state index contributed by atoms with van der Waals surface area (Å²) in [6, 6.07) is 11.5. The highest BCUT2D eigenvalue weighted by atomic mass is 35.5. The number of alkyl halides is 3. The highest BCUT2D eigenvalue weighted by Crippen LogP contribution is 2.32. The predicted molar refractivity (Wildman–Crippen MR) is 119 cm³/mol. The number of nitrogens with two attached hydrogens (primary N) is 1. The van der Waals surface area contributed by atoms with Crippen molar-refractivity contribution in [3.8, 4) is 17.2 Å². The van der Waals surface area contributed by atoms with Gasteiger partial charge in [-0.15, -0.1) is 0 Å². The molecule has 35 heavy (non-hydrogen) atoms. The van der Waals surface area contributed by atoms with E-state index in [1.807, 2.05) is 12.1 Å². The molecule has 0 fully saturated rings. The molecule has 0 heterocycles. The van der Waals surface area contributed by atoms with Gasteiger partial charge in [-0.1, -0.05) is 23.7 Å². The van der Waals surface area contributed by atoms with Gasteiger partial charge in [0, 0.05) is 19.2 Å². The summed E-state index contributed by atoms with van der Waals surface area (Å²) in [5, 5.41) is 20.9. The van der Waals surface area contributed by atoms with Gasteiger partial charge in [-0.3, -0.25) is 4.79 Å². The second-order valence-corrected chi connectivity index (χ2v) is 7.10. The average Bonchev–Trinajstić information content (AvgIpc) is 2.79. The number of halogens is 4. The van der Waals surface area contributed by atoms with Crippen LogP contribution in [-0.4, -0.2) is 54.1 Å². The van der Waals surface area contributed by atoms with Gasteiger partial charge in [0.25, 0.3) is 0 Å². The number of carbonyl (C=O) groups is 3. The van der Waals surface area contributed by atoms with E-state index in [9.17, 15) is 22.8 Å². The summed E-state index contributed by atoms with van der Waals surface area (Å²) in [5.41, 5.74) is 6.58. The third kappa shape index (κ3) is 11.3. The van der Waals surface area contributed by atoms with Crippen molar-refractivity contribution in [3.05, 3.63) is 53.1 Å². The molecule has 14 heteroatoms. The number of aliphatic carboxylic acids is 1. The number of carbonyl (C=O) groups excluding carboxylic acids is 1. The van der Waals surface area contributed by atoms with E-state index in [-0.39, 0.29) is 18.9 Å². The molecule has 1 unspecified atom stereocenters. The Balaban J connectivity index is 0.000000762. The Morgan fingerprint density at radius 1 is 1.06 bits per heavy atom. The van der Waals surface area contributed by atoms with Crippen LogP contribution in [0, 0.1) is 0 Å². The molecule has 2 amide bonds. The van der Waals surface area contributed by atoms with Crippen molar-refractivity contribution in [2.24, 2.45) is 5.73 Å². The molecule has 192 valence electrons. The Morgan fingerprint density at radius 2 is 1.63 bits per heavy atom. The molecule has 0 spiro atoms. The fraction of sp³-hybridized carbons (Fsp3) is 0.286. The number of amides is 2. The van der Waals surface area contributed by atoms with Gasteiger partial charge in [0.2, 0.25) is 5.91 Å². The quantitative estimate of drug-likeness (QED) is 0.335. The van der Waals surface area contributed by atoms with Crippen LogP contribution >= 0.6 is 11.6 Å². The molecule has 0 aromatic heterocycles. The first-order valence-electron chi connectivity index (χ1n) is 9.74. The van der Waals surface area contributed by atoms with Crippen LogP contribution < -0.4 is 25.8 Å². The first-order valence-corrected chi connectivity index (χ1v) is 10.1. The summed E-state index contributed by atoms with van der Waals surface area (Å²) < 4.78 is 42.6. The van der Waals surface area contributed by atoms with E-state index in [0.717, 1.165) is 5.56 Å². The molecule has 1 atom stereocenters. The standard InChI is InChI=1S/C19H22ClN3O5.C2HF3O2/c1-27-14-6-7-17(15(20)10-14)28-13-4-2-12(3-5-13)11-23-18(24)16(21)8-9-22-19(25)26;3-2(4,5)1(6)7/h2-7,10,16,22H,8-9,11,21H2,1H3,(H,23,24)(H,25,26);(H,6,7). The molecular weight excluding hydrogens is 499 g/mol. The van der Waals surface area contributed by atoms with E-state index < -0.39 is 24.3 Å². The van der Waals surface area contributed by atoms with Gasteiger partial charge < -0.3 is 36.1 Å². The molecule has 0 radical (unpaired) electrons. The van der Waals surface area contributed by atoms with Crippen molar-refractivity contribution < 1.29 is 47.2 Å². The second kappa shape index (κ2) is 13.9. The molecule has 0 aliphatic heterocycles. The van der Waals surface area contributed by atoms with Crippen LogP contribution in [0.25, 0.3) is 0 Å². The first kappa shape index (κ1) is 29.3. The first-order chi connectivity index (χ1) is 16.3. The third-order valence-electron chi connectivity index (χ3n) is 4.07. The molecule has 2 rings (SSSR count). The Morgan fingerprint density at radius 3 is 2.11 bits per heavy atom. The van der Waals surface area contributed by atoms with E-state index >= 15 is 0 Å². The lowest BCUT2D eigenvalue weighted by atomic mass is 10.2. The number of ether oxygens (including phenoxy) is 2. The Kier molecular flexibility index (Phi) is 11.6. The number of rotatable bonds is 9. The van der Waals surface area contributed by atoms with E-state index in [1.165, 1.54) is 0 Å². The van der Waals surface area contributed by atoms with Crippen molar-refractivity contribution in [2.75, 3.05) is 13.7 Å². The SMILES string of the molecule is COc1ccc(Oc2ccc(CNC(=O)C(N)CCNC(=O)O)cc2)c(Cl)c1.O=C(O)C(F)(F)F. The Labute approximate surface area is 202 Å². The number of nitrogens with one attached hydrogen (secondary N) is 2. The fourth-order valence-corrected chi connectivity index (χ4v) is 2.49. The molecule has 6 N–H and O–H groups in total. The molecule has 2 aromatic carbocycles. The van der Waals surface area contributed by atoms with Gasteiger partial charge in [0.05, 0.1) is 18.2 Å². The normalized spacial score (nSPS) is 11.4. The second-order valence-electron chi connectivity index (χ2n) is 6.69.